The molecule has 5 nitrogen and oxygen atoms in total. The number of rotatable bonds is 6. The summed E-state index contributed by atoms with van der Waals surface area (Å²) in [6.45, 7) is 0. The van der Waals surface area contributed by atoms with Gasteiger partial charge in [-0.1, -0.05) is 6.07 Å². The topological polar surface area (TPSA) is 60.5 Å². The molecule has 0 atom stereocenters. The van der Waals surface area contributed by atoms with Crippen molar-refractivity contribution in [3.05, 3.63) is 48.0 Å². The number of anilines is 1. The Labute approximate surface area is 128 Å². The van der Waals surface area contributed by atoms with Gasteiger partial charge in [0.05, 0.1) is 19.9 Å². The van der Waals surface area contributed by atoms with E-state index in [0.29, 0.717) is 12.2 Å². The van der Waals surface area contributed by atoms with Crippen molar-refractivity contribution in [1.29, 1.82) is 0 Å². The second-order valence-corrected chi connectivity index (χ2v) is 4.56. The maximum Gasteiger partial charge on any atom is 0.224 e. The number of hydrogen-bond donors (Lipinski definition) is 1. The van der Waals surface area contributed by atoms with Crippen molar-refractivity contribution in [2.24, 2.45) is 0 Å². The Balaban J connectivity index is 2.03. The molecule has 0 unspecified atom stereocenters. The lowest BCUT2D eigenvalue weighted by molar-refractivity contribution is -0.116. The molecular formula is C16H17FN2O3. The lowest BCUT2D eigenvalue weighted by Crippen LogP contribution is -2.13. The lowest BCUT2D eigenvalue weighted by Gasteiger charge is -2.12. The van der Waals surface area contributed by atoms with E-state index < -0.39 is 5.82 Å². The van der Waals surface area contributed by atoms with Crippen LogP contribution in [-0.4, -0.2) is 25.1 Å². The molecule has 0 saturated heterocycles. The molecule has 0 fully saturated rings. The van der Waals surface area contributed by atoms with E-state index in [1.807, 2.05) is 18.2 Å². The molecule has 1 amide bonds. The van der Waals surface area contributed by atoms with Gasteiger partial charge in [-0.25, -0.2) is 4.39 Å². The molecule has 1 aromatic heterocycles. The predicted molar refractivity (Wildman–Crippen MR) is 80.7 cm³/mol. The van der Waals surface area contributed by atoms with Crippen molar-refractivity contribution < 1.29 is 18.7 Å². The number of pyridine rings is 1. The number of halogens is 1. The van der Waals surface area contributed by atoms with Gasteiger partial charge in [0, 0.05) is 30.4 Å². The van der Waals surface area contributed by atoms with Crippen molar-refractivity contribution in [2.75, 3.05) is 19.5 Å². The van der Waals surface area contributed by atoms with Crippen LogP contribution in [-0.2, 0) is 11.2 Å². The van der Waals surface area contributed by atoms with Crippen LogP contribution in [0.15, 0.2) is 36.5 Å². The molecule has 116 valence electrons. The molecule has 2 rings (SSSR count). The minimum atomic E-state index is -0.566. The van der Waals surface area contributed by atoms with Crippen LogP contribution in [0.25, 0.3) is 0 Å². The molecule has 0 spiro atoms. The van der Waals surface area contributed by atoms with Gasteiger partial charge in [0.2, 0.25) is 5.91 Å². The second-order valence-electron chi connectivity index (χ2n) is 4.56. The van der Waals surface area contributed by atoms with E-state index in [2.05, 4.69) is 10.3 Å². The van der Waals surface area contributed by atoms with Gasteiger partial charge in [-0.15, -0.1) is 0 Å². The normalized spacial score (nSPS) is 10.1. The highest BCUT2D eigenvalue weighted by Crippen LogP contribution is 2.32. The number of nitrogens with zero attached hydrogens (tertiary/aromatic N) is 1. The van der Waals surface area contributed by atoms with E-state index in [4.69, 9.17) is 9.47 Å². The van der Waals surface area contributed by atoms with Gasteiger partial charge in [-0.05, 0) is 18.6 Å². The number of carbonyl (C=O) groups excluding carboxylic acids is 1. The summed E-state index contributed by atoms with van der Waals surface area (Å²) in [7, 11) is 2.80. The maximum absolute atomic E-state index is 13.7. The van der Waals surface area contributed by atoms with Gasteiger partial charge >= 0.3 is 0 Å². The summed E-state index contributed by atoms with van der Waals surface area (Å²) in [5.41, 5.74) is 1.09. The van der Waals surface area contributed by atoms with E-state index in [1.165, 1.54) is 26.4 Å². The van der Waals surface area contributed by atoms with Crippen molar-refractivity contribution in [2.45, 2.75) is 12.8 Å². The number of aryl methyl sites for hydroxylation is 1. The van der Waals surface area contributed by atoms with Crippen molar-refractivity contribution in [1.82, 2.24) is 4.98 Å². The fourth-order valence-electron chi connectivity index (χ4n) is 1.96. The van der Waals surface area contributed by atoms with Crippen LogP contribution in [0.4, 0.5) is 10.1 Å². The van der Waals surface area contributed by atoms with Gasteiger partial charge in [0.25, 0.3) is 0 Å². The number of ether oxygens (including phenoxy) is 2. The average molecular weight is 304 g/mol. The van der Waals surface area contributed by atoms with Crippen LogP contribution >= 0.6 is 0 Å². The van der Waals surface area contributed by atoms with Gasteiger partial charge in [0.1, 0.15) is 5.75 Å². The highest BCUT2D eigenvalue weighted by molar-refractivity contribution is 5.92. The molecule has 1 heterocycles. The number of benzene rings is 1. The fraction of sp³-hybridized carbons (Fsp3) is 0.250. The highest BCUT2D eigenvalue weighted by atomic mass is 19.1. The zero-order valence-electron chi connectivity index (χ0n) is 12.4. The molecule has 0 aliphatic rings. The standard InChI is InChI=1S/C16H17FN2O3/c1-21-14-10-15(22-2)13(9-12(14)17)19-16(20)7-6-11-5-3-4-8-18-11/h3-5,8-10H,6-7H2,1-2H3,(H,19,20). The minimum absolute atomic E-state index is 0.0586. The second kappa shape index (κ2) is 7.40. The van der Waals surface area contributed by atoms with Gasteiger partial charge < -0.3 is 14.8 Å². The lowest BCUT2D eigenvalue weighted by atomic mass is 10.2. The summed E-state index contributed by atoms with van der Waals surface area (Å²) in [6, 6.07) is 8.09. The summed E-state index contributed by atoms with van der Waals surface area (Å²) in [5, 5.41) is 2.64. The highest BCUT2D eigenvalue weighted by Gasteiger charge is 2.13. The molecule has 0 saturated carbocycles. The first-order valence-corrected chi connectivity index (χ1v) is 6.75. The third-order valence-corrected chi connectivity index (χ3v) is 3.08. The Morgan fingerprint density at radius 3 is 2.64 bits per heavy atom. The van der Waals surface area contributed by atoms with E-state index in [0.717, 1.165) is 5.69 Å². The maximum atomic E-state index is 13.7. The largest absolute Gasteiger partial charge is 0.494 e. The van der Waals surface area contributed by atoms with Gasteiger partial charge in [0.15, 0.2) is 11.6 Å². The van der Waals surface area contributed by atoms with Crippen molar-refractivity contribution in [3.63, 3.8) is 0 Å². The number of methoxy groups -OCH3 is 2. The molecule has 0 bridgehead atoms. The van der Waals surface area contributed by atoms with Crippen molar-refractivity contribution in [3.8, 4) is 11.5 Å². The summed E-state index contributed by atoms with van der Waals surface area (Å²) in [6.07, 6.45) is 2.43. The van der Waals surface area contributed by atoms with Crippen LogP contribution in [0.3, 0.4) is 0 Å². The zero-order valence-corrected chi connectivity index (χ0v) is 12.4. The average Bonchev–Trinajstić information content (AvgIpc) is 2.54. The monoisotopic (exact) mass is 304 g/mol. The van der Waals surface area contributed by atoms with Gasteiger partial charge in [-0.2, -0.15) is 0 Å². The first-order chi connectivity index (χ1) is 10.6. The van der Waals surface area contributed by atoms with E-state index in [9.17, 15) is 9.18 Å². The molecule has 1 N–H and O–H groups in total. The quantitative estimate of drug-likeness (QED) is 0.891. The Hall–Kier alpha value is -2.63. The summed E-state index contributed by atoms with van der Waals surface area (Å²) < 4.78 is 23.7. The molecule has 1 aromatic carbocycles. The first-order valence-electron chi connectivity index (χ1n) is 6.75. The van der Waals surface area contributed by atoms with Crippen LogP contribution < -0.4 is 14.8 Å². The van der Waals surface area contributed by atoms with Crippen LogP contribution in [0.2, 0.25) is 0 Å². The third-order valence-electron chi connectivity index (χ3n) is 3.08. The van der Waals surface area contributed by atoms with Crippen LogP contribution in [0.5, 0.6) is 11.5 Å². The number of amides is 1. The number of aromatic nitrogens is 1. The zero-order chi connectivity index (χ0) is 15.9. The van der Waals surface area contributed by atoms with E-state index in [1.54, 1.807) is 6.20 Å². The SMILES string of the molecule is COc1cc(OC)c(NC(=O)CCc2ccccn2)cc1F. The van der Waals surface area contributed by atoms with Crippen LogP contribution in [0, 0.1) is 5.82 Å². The molecule has 22 heavy (non-hydrogen) atoms. The molecule has 0 aliphatic carbocycles. The van der Waals surface area contributed by atoms with Crippen molar-refractivity contribution >= 4 is 11.6 Å². The van der Waals surface area contributed by atoms with Crippen LogP contribution in [0.1, 0.15) is 12.1 Å². The smallest absolute Gasteiger partial charge is 0.224 e. The summed E-state index contributed by atoms with van der Waals surface area (Å²) in [5.74, 6) is -0.412. The Morgan fingerprint density at radius 1 is 1.23 bits per heavy atom. The molecule has 6 heteroatoms. The van der Waals surface area contributed by atoms with E-state index >= 15 is 0 Å². The molecule has 0 aliphatic heterocycles. The first kappa shape index (κ1) is 15.8. The van der Waals surface area contributed by atoms with E-state index in [-0.39, 0.29) is 23.8 Å². The molecular weight excluding hydrogens is 287 g/mol. The predicted octanol–water partition coefficient (Wildman–Crippen LogP) is 2.81. The molecule has 2 aromatic rings. The fourth-order valence-corrected chi connectivity index (χ4v) is 1.96. The number of hydrogen-bond acceptors (Lipinski definition) is 4. The Bertz CT molecular complexity index is 647. The number of carbonyl (C=O) groups is 1. The summed E-state index contributed by atoms with van der Waals surface area (Å²) >= 11 is 0. The summed E-state index contributed by atoms with van der Waals surface area (Å²) in [4.78, 5) is 16.1. The van der Waals surface area contributed by atoms with Gasteiger partial charge in [-0.3, -0.25) is 9.78 Å². The Kier molecular flexibility index (Phi) is 5.30. The minimum Gasteiger partial charge on any atom is -0.494 e. The Morgan fingerprint density at radius 2 is 2.00 bits per heavy atom. The number of nitrogens with one attached hydrogen (secondary N) is 1. The molecule has 0 radical (unpaired) electrons. The third kappa shape index (κ3) is 3.94.